The molecular formula is C19H24ClN. The van der Waals surface area contributed by atoms with Crippen LogP contribution in [-0.2, 0) is 5.41 Å². The molecule has 0 fully saturated rings. The zero-order valence-corrected chi connectivity index (χ0v) is 14.0. The van der Waals surface area contributed by atoms with Gasteiger partial charge in [-0.25, -0.2) is 0 Å². The van der Waals surface area contributed by atoms with E-state index in [-0.39, 0.29) is 5.41 Å². The average molecular weight is 302 g/mol. The lowest BCUT2D eigenvalue weighted by molar-refractivity contribution is 0.450. The summed E-state index contributed by atoms with van der Waals surface area (Å²) in [6, 6.07) is 17.0. The van der Waals surface area contributed by atoms with Gasteiger partial charge in [0.15, 0.2) is 0 Å². The Morgan fingerprint density at radius 3 is 2.33 bits per heavy atom. The molecule has 21 heavy (non-hydrogen) atoms. The molecule has 1 unspecified atom stereocenters. The summed E-state index contributed by atoms with van der Waals surface area (Å²) in [5.74, 6) is 0. The van der Waals surface area contributed by atoms with Crippen LogP contribution in [0.5, 0.6) is 0 Å². The van der Waals surface area contributed by atoms with Crippen molar-refractivity contribution in [1.29, 1.82) is 0 Å². The van der Waals surface area contributed by atoms with Crippen molar-refractivity contribution < 1.29 is 0 Å². The first-order valence-corrected chi connectivity index (χ1v) is 7.85. The molecule has 2 aromatic carbocycles. The zero-order valence-electron chi connectivity index (χ0n) is 13.3. The minimum Gasteiger partial charge on any atom is -0.381 e. The summed E-state index contributed by atoms with van der Waals surface area (Å²) in [5, 5.41) is 4.36. The summed E-state index contributed by atoms with van der Waals surface area (Å²) in [7, 11) is 0. The molecule has 0 bridgehead atoms. The minimum atomic E-state index is 0.128. The van der Waals surface area contributed by atoms with Gasteiger partial charge in [0.05, 0.1) is 10.7 Å². The molecule has 1 atom stereocenters. The summed E-state index contributed by atoms with van der Waals surface area (Å²) in [4.78, 5) is 0. The Kier molecular flexibility index (Phi) is 4.95. The van der Waals surface area contributed by atoms with Crippen molar-refractivity contribution in [3.63, 3.8) is 0 Å². The van der Waals surface area contributed by atoms with E-state index in [4.69, 9.17) is 11.6 Å². The predicted octanol–water partition coefficient (Wildman–Crippen LogP) is 5.82. The van der Waals surface area contributed by atoms with E-state index >= 15 is 0 Å². The summed E-state index contributed by atoms with van der Waals surface area (Å²) in [5.41, 5.74) is 3.74. The number of aryl methyl sites for hydroxylation is 1. The van der Waals surface area contributed by atoms with E-state index in [2.05, 4.69) is 69.4 Å². The van der Waals surface area contributed by atoms with Crippen LogP contribution >= 0.6 is 11.6 Å². The van der Waals surface area contributed by atoms with Gasteiger partial charge in [0, 0.05) is 6.04 Å². The van der Waals surface area contributed by atoms with Crippen LogP contribution in [0.1, 0.15) is 38.3 Å². The van der Waals surface area contributed by atoms with Crippen molar-refractivity contribution in [2.75, 3.05) is 5.32 Å². The molecule has 0 saturated carbocycles. The summed E-state index contributed by atoms with van der Waals surface area (Å²) >= 11 is 6.30. The molecule has 0 amide bonds. The number of hydrogen-bond acceptors (Lipinski definition) is 1. The van der Waals surface area contributed by atoms with Crippen LogP contribution in [0, 0.1) is 6.92 Å². The number of hydrogen-bond donors (Lipinski definition) is 1. The fraction of sp³-hybridized carbons (Fsp3) is 0.368. The first-order valence-electron chi connectivity index (χ1n) is 7.47. The van der Waals surface area contributed by atoms with Gasteiger partial charge < -0.3 is 5.32 Å². The van der Waals surface area contributed by atoms with Gasteiger partial charge in [-0.1, -0.05) is 67.9 Å². The third-order valence-corrected chi connectivity index (χ3v) is 4.30. The van der Waals surface area contributed by atoms with Gasteiger partial charge in [0.2, 0.25) is 0 Å². The Labute approximate surface area is 133 Å². The van der Waals surface area contributed by atoms with E-state index in [1.165, 1.54) is 11.1 Å². The van der Waals surface area contributed by atoms with Crippen LogP contribution in [0.4, 0.5) is 5.69 Å². The largest absolute Gasteiger partial charge is 0.381 e. The highest BCUT2D eigenvalue weighted by Crippen LogP contribution is 2.31. The molecule has 2 aromatic rings. The summed E-state index contributed by atoms with van der Waals surface area (Å²) in [6.45, 7) is 8.89. The number of para-hydroxylation sites is 1. The zero-order chi connectivity index (χ0) is 15.5. The lowest BCUT2D eigenvalue weighted by Crippen LogP contribution is -2.28. The fourth-order valence-corrected chi connectivity index (χ4v) is 3.16. The normalized spacial score (nSPS) is 13.0. The molecule has 0 saturated heterocycles. The third kappa shape index (κ3) is 4.01. The van der Waals surface area contributed by atoms with E-state index < -0.39 is 0 Å². The second-order valence-corrected chi connectivity index (χ2v) is 6.84. The number of benzene rings is 2. The molecule has 0 aliphatic carbocycles. The number of nitrogens with one attached hydrogen (secondary N) is 1. The van der Waals surface area contributed by atoms with Crippen molar-refractivity contribution in [3.05, 3.63) is 64.7 Å². The van der Waals surface area contributed by atoms with E-state index in [1.54, 1.807) is 0 Å². The molecule has 112 valence electrons. The standard InChI is InChI=1S/C19H24ClN/c1-14-9-8-12-17(20)18(14)21-15(2)13-19(3,4)16-10-6-5-7-11-16/h5-12,15,21H,13H2,1-4H3. The smallest absolute Gasteiger partial charge is 0.0640 e. The molecule has 1 N–H and O–H groups in total. The van der Waals surface area contributed by atoms with Gasteiger partial charge in [-0.2, -0.15) is 0 Å². The maximum absolute atomic E-state index is 6.30. The van der Waals surface area contributed by atoms with Crippen LogP contribution in [0.2, 0.25) is 5.02 Å². The van der Waals surface area contributed by atoms with E-state index in [0.29, 0.717) is 6.04 Å². The number of rotatable bonds is 5. The summed E-state index contributed by atoms with van der Waals surface area (Å²) in [6.07, 6.45) is 1.04. The van der Waals surface area contributed by atoms with Gasteiger partial charge in [-0.3, -0.25) is 0 Å². The Balaban J connectivity index is 2.10. The highest BCUT2D eigenvalue weighted by atomic mass is 35.5. The molecule has 0 aromatic heterocycles. The molecule has 0 aliphatic rings. The quantitative estimate of drug-likeness (QED) is 0.734. The lowest BCUT2D eigenvalue weighted by Gasteiger charge is -2.30. The Morgan fingerprint density at radius 1 is 1.05 bits per heavy atom. The van der Waals surface area contributed by atoms with E-state index in [9.17, 15) is 0 Å². The van der Waals surface area contributed by atoms with Crippen LogP contribution < -0.4 is 5.32 Å². The maximum Gasteiger partial charge on any atom is 0.0640 e. The second kappa shape index (κ2) is 6.53. The monoisotopic (exact) mass is 301 g/mol. The van der Waals surface area contributed by atoms with Crippen molar-refractivity contribution in [1.82, 2.24) is 0 Å². The SMILES string of the molecule is Cc1cccc(Cl)c1NC(C)CC(C)(C)c1ccccc1. The van der Waals surface area contributed by atoms with Crippen molar-refractivity contribution in [2.45, 2.75) is 45.6 Å². The highest BCUT2D eigenvalue weighted by molar-refractivity contribution is 6.33. The van der Waals surface area contributed by atoms with Gasteiger partial charge in [0.25, 0.3) is 0 Å². The summed E-state index contributed by atoms with van der Waals surface area (Å²) < 4.78 is 0. The average Bonchev–Trinajstić information content (AvgIpc) is 2.43. The predicted molar refractivity (Wildman–Crippen MR) is 93.4 cm³/mol. The highest BCUT2D eigenvalue weighted by Gasteiger charge is 2.23. The first-order chi connectivity index (χ1) is 9.90. The van der Waals surface area contributed by atoms with Crippen LogP contribution in [0.3, 0.4) is 0 Å². The Morgan fingerprint density at radius 2 is 1.71 bits per heavy atom. The van der Waals surface area contributed by atoms with Gasteiger partial charge in [-0.15, -0.1) is 0 Å². The van der Waals surface area contributed by atoms with Crippen molar-refractivity contribution in [3.8, 4) is 0 Å². The molecule has 0 heterocycles. The molecule has 0 spiro atoms. The van der Waals surface area contributed by atoms with Gasteiger partial charge in [-0.05, 0) is 42.9 Å². The molecule has 1 nitrogen and oxygen atoms in total. The third-order valence-electron chi connectivity index (χ3n) is 3.98. The Bertz CT molecular complexity index is 570. The number of halogens is 1. The molecule has 2 rings (SSSR count). The van der Waals surface area contributed by atoms with Gasteiger partial charge in [0.1, 0.15) is 0 Å². The molecular weight excluding hydrogens is 278 g/mol. The van der Waals surface area contributed by atoms with Crippen LogP contribution in [0.15, 0.2) is 48.5 Å². The number of anilines is 1. The minimum absolute atomic E-state index is 0.128. The Hall–Kier alpha value is -1.47. The first kappa shape index (κ1) is 15.9. The maximum atomic E-state index is 6.30. The van der Waals surface area contributed by atoms with Gasteiger partial charge >= 0.3 is 0 Å². The van der Waals surface area contributed by atoms with E-state index in [0.717, 1.165) is 17.1 Å². The van der Waals surface area contributed by atoms with Crippen molar-refractivity contribution >= 4 is 17.3 Å². The second-order valence-electron chi connectivity index (χ2n) is 6.43. The topological polar surface area (TPSA) is 12.0 Å². The fourth-order valence-electron chi connectivity index (χ4n) is 2.88. The van der Waals surface area contributed by atoms with E-state index in [1.807, 2.05) is 12.1 Å². The van der Waals surface area contributed by atoms with Crippen LogP contribution in [0.25, 0.3) is 0 Å². The molecule has 2 heteroatoms. The molecule has 0 radical (unpaired) electrons. The van der Waals surface area contributed by atoms with Crippen molar-refractivity contribution in [2.24, 2.45) is 0 Å². The molecule has 0 aliphatic heterocycles. The lowest BCUT2D eigenvalue weighted by atomic mass is 9.79. The van der Waals surface area contributed by atoms with Crippen LogP contribution in [-0.4, -0.2) is 6.04 Å².